The highest BCUT2D eigenvalue weighted by Gasteiger charge is 2.47. The standard InChI is InChI=1S/C8H12N2O3.ClH/c1-3-8(4-2)5(11)9-7(13)10-6(8)12;/h3-4H2,1-2H3,(H2,9,10,11,12,13);1H. The summed E-state index contributed by atoms with van der Waals surface area (Å²) in [5, 5.41) is 4.19. The van der Waals surface area contributed by atoms with Crippen LogP contribution in [0.4, 0.5) is 4.79 Å². The Balaban J connectivity index is 0.00000169. The monoisotopic (exact) mass is 220 g/mol. The second-order valence-electron chi connectivity index (χ2n) is 3.03. The molecule has 0 aromatic heterocycles. The van der Waals surface area contributed by atoms with Crippen molar-refractivity contribution < 1.29 is 14.4 Å². The molecule has 2 N–H and O–H groups in total. The van der Waals surface area contributed by atoms with Crippen LogP contribution >= 0.6 is 12.4 Å². The van der Waals surface area contributed by atoms with Gasteiger partial charge in [-0.25, -0.2) is 4.79 Å². The SMILES string of the molecule is CCC1(CC)C(=O)NC(=O)NC1=O.Cl. The minimum atomic E-state index is -1.06. The average molecular weight is 221 g/mol. The minimum Gasteiger partial charge on any atom is -0.277 e. The van der Waals surface area contributed by atoms with Gasteiger partial charge in [-0.15, -0.1) is 12.4 Å². The van der Waals surface area contributed by atoms with Crippen molar-refractivity contribution in [3.05, 3.63) is 0 Å². The Bertz CT molecular complexity index is 252. The highest BCUT2D eigenvalue weighted by atomic mass is 35.5. The number of carbonyl (C=O) groups excluding carboxylic acids is 3. The molecule has 1 aliphatic heterocycles. The van der Waals surface area contributed by atoms with Gasteiger partial charge >= 0.3 is 6.03 Å². The summed E-state index contributed by atoms with van der Waals surface area (Å²) in [6, 6.07) is -0.729. The molecule has 14 heavy (non-hydrogen) atoms. The maximum absolute atomic E-state index is 11.4. The molecule has 0 aliphatic carbocycles. The van der Waals surface area contributed by atoms with Gasteiger partial charge in [0.1, 0.15) is 5.41 Å². The Morgan fingerprint density at radius 1 is 1.00 bits per heavy atom. The van der Waals surface area contributed by atoms with E-state index in [2.05, 4.69) is 10.6 Å². The van der Waals surface area contributed by atoms with E-state index < -0.39 is 23.3 Å². The molecule has 4 amide bonds. The lowest BCUT2D eigenvalue weighted by Crippen LogP contribution is -2.61. The zero-order chi connectivity index (χ0) is 10.1. The molecule has 80 valence electrons. The van der Waals surface area contributed by atoms with Crippen LogP contribution in [0.1, 0.15) is 26.7 Å². The second kappa shape index (κ2) is 4.41. The van der Waals surface area contributed by atoms with Crippen LogP contribution in [-0.4, -0.2) is 17.8 Å². The summed E-state index contributed by atoms with van der Waals surface area (Å²) in [7, 11) is 0. The quantitative estimate of drug-likeness (QED) is 0.669. The van der Waals surface area contributed by atoms with Gasteiger partial charge in [-0.2, -0.15) is 0 Å². The van der Waals surface area contributed by atoms with E-state index in [4.69, 9.17) is 0 Å². The summed E-state index contributed by atoms with van der Waals surface area (Å²) in [5.41, 5.74) is -1.06. The smallest absolute Gasteiger partial charge is 0.277 e. The van der Waals surface area contributed by atoms with E-state index in [9.17, 15) is 14.4 Å². The van der Waals surface area contributed by atoms with Gasteiger partial charge in [0.2, 0.25) is 11.8 Å². The van der Waals surface area contributed by atoms with Crippen molar-refractivity contribution >= 4 is 30.3 Å². The summed E-state index contributed by atoms with van der Waals surface area (Å²) in [6.07, 6.45) is 0.795. The van der Waals surface area contributed by atoms with Crippen molar-refractivity contribution in [3.8, 4) is 0 Å². The third-order valence-electron chi connectivity index (χ3n) is 2.53. The Kier molecular flexibility index (Phi) is 4.07. The first-order valence-electron chi connectivity index (χ1n) is 4.23. The Labute approximate surface area is 88.0 Å². The van der Waals surface area contributed by atoms with Crippen LogP contribution in [0.15, 0.2) is 0 Å². The summed E-state index contributed by atoms with van der Waals surface area (Å²) in [6.45, 7) is 3.50. The van der Waals surface area contributed by atoms with E-state index in [1.54, 1.807) is 13.8 Å². The van der Waals surface area contributed by atoms with E-state index >= 15 is 0 Å². The van der Waals surface area contributed by atoms with Gasteiger partial charge in [0.15, 0.2) is 0 Å². The summed E-state index contributed by atoms with van der Waals surface area (Å²) >= 11 is 0. The lowest BCUT2D eigenvalue weighted by Gasteiger charge is -2.31. The third kappa shape index (κ3) is 1.72. The van der Waals surface area contributed by atoms with Gasteiger partial charge in [-0.05, 0) is 12.8 Å². The molecule has 1 heterocycles. The fraction of sp³-hybridized carbons (Fsp3) is 0.625. The number of urea groups is 1. The number of hydrogen-bond donors (Lipinski definition) is 2. The third-order valence-corrected chi connectivity index (χ3v) is 2.53. The van der Waals surface area contributed by atoms with E-state index in [-0.39, 0.29) is 12.4 Å². The predicted octanol–water partition coefficient (Wildman–Crippen LogP) is 0.581. The fourth-order valence-corrected chi connectivity index (χ4v) is 1.47. The van der Waals surface area contributed by atoms with Gasteiger partial charge in [0.05, 0.1) is 0 Å². The van der Waals surface area contributed by atoms with Gasteiger partial charge < -0.3 is 0 Å². The summed E-state index contributed by atoms with van der Waals surface area (Å²) < 4.78 is 0. The molecule has 0 bridgehead atoms. The van der Waals surface area contributed by atoms with Crippen molar-refractivity contribution in [2.24, 2.45) is 5.41 Å². The minimum absolute atomic E-state index is 0. The molecule has 6 heteroatoms. The highest BCUT2D eigenvalue weighted by Crippen LogP contribution is 2.28. The van der Waals surface area contributed by atoms with Crippen LogP contribution in [0.3, 0.4) is 0 Å². The number of amides is 4. The molecule has 0 unspecified atom stereocenters. The first-order valence-corrected chi connectivity index (χ1v) is 4.23. The van der Waals surface area contributed by atoms with E-state index in [0.29, 0.717) is 12.8 Å². The first-order chi connectivity index (χ1) is 6.06. The molecule has 1 saturated heterocycles. The lowest BCUT2D eigenvalue weighted by molar-refractivity contribution is -0.144. The van der Waals surface area contributed by atoms with Crippen LogP contribution in [-0.2, 0) is 9.59 Å². The summed E-state index contributed by atoms with van der Waals surface area (Å²) in [5.74, 6) is -0.988. The van der Waals surface area contributed by atoms with Crippen molar-refractivity contribution in [1.82, 2.24) is 10.6 Å². The van der Waals surface area contributed by atoms with Gasteiger partial charge in [-0.1, -0.05) is 13.8 Å². The number of nitrogens with one attached hydrogen (secondary N) is 2. The number of imide groups is 2. The predicted molar refractivity (Wildman–Crippen MR) is 51.9 cm³/mol. The molecule has 1 rings (SSSR count). The fourth-order valence-electron chi connectivity index (χ4n) is 1.47. The van der Waals surface area contributed by atoms with Crippen molar-refractivity contribution in [1.29, 1.82) is 0 Å². The van der Waals surface area contributed by atoms with Crippen LogP contribution in [0, 0.1) is 5.41 Å². The largest absolute Gasteiger partial charge is 0.328 e. The number of carbonyl (C=O) groups is 3. The Morgan fingerprint density at radius 2 is 1.36 bits per heavy atom. The molecular formula is C8H13ClN2O3. The van der Waals surface area contributed by atoms with Crippen molar-refractivity contribution in [2.45, 2.75) is 26.7 Å². The van der Waals surface area contributed by atoms with Gasteiger partial charge in [0.25, 0.3) is 0 Å². The zero-order valence-corrected chi connectivity index (χ0v) is 8.86. The van der Waals surface area contributed by atoms with Gasteiger partial charge in [0, 0.05) is 0 Å². The Morgan fingerprint density at radius 3 is 1.64 bits per heavy atom. The molecule has 0 aromatic carbocycles. The topological polar surface area (TPSA) is 75.3 Å². The maximum atomic E-state index is 11.4. The molecule has 0 aromatic rings. The maximum Gasteiger partial charge on any atom is 0.328 e. The first kappa shape index (κ1) is 12.9. The van der Waals surface area contributed by atoms with E-state index in [0.717, 1.165) is 0 Å². The molecule has 0 radical (unpaired) electrons. The number of rotatable bonds is 2. The molecule has 5 nitrogen and oxygen atoms in total. The average Bonchev–Trinajstić information content (AvgIpc) is 2.05. The molecule has 0 atom stereocenters. The molecular weight excluding hydrogens is 208 g/mol. The van der Waals surface area contributed by atoms with Crippen molar-refractivity contribution in [3.63, 3.8) is 0 Å². The lowest BCUT2D eigenvalue weighted by atomic mass is 9.79. The number of halogens is 1. The second-order valence-corrected chi connectivity index (χ2v) is 3.03. The molecule has 1 aliphatic rings. The molecule has 1 fully saturated rings. The normalized spacial score (nSPS) is 19.4. The van der Waals surface area contributed by atoms with Crippen molar-refractivity contribution in [2.75, 3.05) is 0 Å². The molecule has 0 spiro atoms. The number of barbiturate groups is 1. The van der Waals surface area contributed by atoms with E-state index in [1.165, 1.54) is 0 Å². The molecule has 0 saturated carbocycles. The van der Waals surface area contributed by atoms with E-state index in [1.807, 2.05) is 0 Å². The van der Waals surface area contributed by atoms with Crippen LogP contribution in [0.5, 0.6) is 0 Å². The zero-order valence-electron chi connectivity index (χ0n) is 8.05. The summed E-state index contributed by atoms with van der Waals surface area (Å²) in [4.78, 5) is 33.6. The number of hydrogen-bond acceptors (Lipinski definition) is 3. The van der Waals surface area contributed by atoms with Gasteiger partial charge in [-0.3, -0.25) is 20.2 Å². The van der Waals surface area contributed by atoms with Crippen LogP contribution in [0.2, 0.25) is 0 Å². The van der Waals surface area contributed by atoms with Crippen LogP contribution < -0.4 is 10.6 Å². The Hall–Kier alpha value is -1.10. The highest BCUT2D eigenvalue weighted by molar-refractivity contribution is 6.19. The van der Waals surface area contributed by atoms with Crippen LogP contribution in [0.25, 0.3) is 0 Å².